The molecule has 1 aliphatic heterocycles. The van der Waals surface area contributed by atoms with Gasteiger partial charge in [0.25, 0.3) is 0 Å². The summed E-state index contributed by atoms with van der Waals surface area (Å²) in [6, 6.07) is 7.83. The molecule has 0 radical (unpaired) electrons. The topological polar surface area (TPSA) is 37.8 Å². The van der Waals surface area contributed by atoms with Crippen LogP contribution >= 0.6 is 23.4 Å². The number of thioether (sulfide) groups is 1. The second-order valence-corrected chi connectivity index (χ2v) is 6.39. The molecule has 0 aliphatic carbocycles. The second kappa shape index (κ2) is 5.96. The Labute approximate surface area is 134 Å². The molecular weight excluding hydrogens is 335 g/mol. The zero-order valence-corrected chi connectivity index (χ0v) is 12.8. The molecule has 1 atom stereocenters. The molecule has 3 nitrogen and oxygen atoms in total. The van der Waals surface area contributed by atoms with Crippen LogP contribution in [0.4, 0.5) is 19.0 Å². The van der Waals surface area contributed by atoms with E-state index in [1.807, 2.05) is 18.2 Å². The molecule has 0 fully saturated rings. The van der Waals surface area contributed by atoms with Gasteiger partial charge in [-0.05, 0) is 42.3 Å². The van der Waals surface area contributed by atoms with Crippen molar-refractivity contribution in [2.75, 3.05) is 11.1 Å². The normalized spacial score (nSPS) is 17.9. The standard InChI is InChI=1S/C14H11ClF3N3S/c15-8-1-2-11-9(7-8)10(5-6-22-11)19-13-4-3-12(20-21-13)14(16,17)18/h1-4,7,10H,5-6H2,(H,19,21). The number of fused-ring (bicyclic) bond motifs is 1. The number of hydrogen-bond acceptors (Lipinski definition) is 4. The second-order valence-electron chi connectivity index (χ2n) is 4.82. The molecule has 1 aromatic heterocycles. The Morgan fingerprint density at radius 3 is 2.68 bits per heavy atom. The molecule has 2 aromatic rings. The summed E-state index contributed by atoms with van der Waals surface area (Å²) in [5.41, 5.74) is 0.0335. The quantitative estimate of drug-likeness (QED) is 0.848. The predicted molar refractivity (Wildman–Crippen MR) is 80.2 cm³/mol. The minimum Gasteiger partial charge on any atom is -0.362 e. The van der Waals surface area contributed by atoms with E-state index in [2.05, 4.69) is 15.5 Å². The smallest absolute Gasteiger partial charge is 0.362 e. The van der Waals surface area contributed by atoms with E-state index in [0.29, 0.717) is 10.8 Å². The highest BCUT2D eigenvalue weighted by Crippen LogP contribution is 2.39. The average molecular weight is 346 g/mol. The van der Waals surface area contributed by atoms with Crippen molar-refractivity contribution in [2.24, 2.45) is 0 Å². The first-order valence-corrected chi connectivity index (χ1v) is 7.89. The third-order valence-electron chi connectivity index (χ3n) is 3.29. The number of nitrogens with one attached hydrogen (secondary N) is 1. The first-order valence-electron chi connectivity index (χ1n) is 6.53. The fourth-order valence-corrected chi connectivity index (χ4v) is 3.54. The Morgan fingerprint density at radius 1 is 1.18 bits per heavy atom. The first kappa shape index (κ1) is 15.4. The van der Waals surface area contributed by atoms with Crippen molar-refractivity contribution in [3.63, 3.8) is 0 Å². The van der Waals surface area contributed by atoms with E-state index in [1.165, 1.54) is 6.07 Å². The summed E-state index contributed by atoms with van der Waals surface area (Å²) in [5.74, 6) is 1.23. The van der Waals surface area contributed by atoms with Crippen LogP contribution in [0, 0.1) is 0 Å². The Kier molecular flexibility index (Phi) is 4.18. The maximum Gasteiger partial charge on any atom is 0.435 e. The van der Waals surface area contributed by atoms with Gasteiger partial charge in [-0.15, -0.1) is 22.0 Å². The molecule has 1 aliphatic rings. The number of rotatable bonds is 2. The van der Waals surface area contributed by atoms with Gasteiger partial charge in [-0.3, -0.25) is 0 Å². The summed E-state index contributed by atoms with van der Waals surface area (Å²) < 4.78 is 37.4. The van der Waals surface area contributed by atoms with Crippen LogP contribution < -0.4 is 5.32 Å². The largest absolute Gasteiger partial charge is 0.435 e. The van der Waals surface area contributed by atoms with Crippen molar-refractivity contribution in [2.45, 2.75) is 23.5 Å². The number of aromatic nitrogens is 2. The van der Waals surface area contributed by atoms with E-state index in [1.54, 1.807) is 11.8 Å². The summed E-state index contributed by atoms with van der Waals surface area (Å²) in [6.45, 7) is 0. The van der Waals surface area contributed by atoms with Gasteiger partial charge in [-0.1, -0.05) is 11.6 Å². The summed E-state index contributed by atoms with van der Waals surface area (Å²) >= 11 is 7.76. The lowest BCUT2D eigenvalue weighted by atomic mass is 10.0. The molecule has 0 spiro atoms. The number of anilines is 1. The zero-order chi connectivity index (χ0) is 15.7. The lowest BCUT2D eigenvalue weighted by Crippen LogP contribution is -2.18. The first-order chi connectivity index (χ1) is 10.4. The van der Waals surface area contributed by atoms with Crippen LogP contribution in [0.3, 0.4) is 0 Å². The van der Waals surface area contributed by atoms with Gasteiger partial charge < -0.3 is 5.32 Å². The molecule has 0 amide bonds. The lowest BCUT2D eigenvalue weighted by molar-refractivity contribution is -0.141. The maximum atomic E-state index is 12.5. The van der Waals surface area contributed by atoms with E-state index in [-0.39, 0.29) is 6.04 Å². The van der Waals surface area contributed by atoms with Gasteiger partial charge in [-0.2, -0.15) is 13.2 Å². The van der Waals surface area contributed by atoms with Crippen LogP contribution in [-0.2, 0) is 6.18 Å². The highest BCUT2D eigenvalue weighted by Gasteiger charge is 2.33. The molecule has 2 heterocycles. The van der Waals surface area contributed by atoms with Gasteiger partial charge in [-0.25, -0.2) is 0 Å². The Morgan fingerprint density at radius 2 is 2.00 bits per heavy atom. The summed E-state index contributed by atoms with van der Waals surface area (Å²) in [7, 11) is 0. The van der Waals surface area contributed by atoms with Gasteiger partial charge in [0.1, 0.15) is 5.82 Å². The highest BCUT2D eigenvalue weighted by molar-refractivity contribution is 7.99. The van der Waals surface area contributed by atoms with Gasteiger partial charge in [0.05, 0.1) is 6.04 Å². The van der Waals surface area contributed by atoms with E-state index < -0.39 is 11.9 Å². The number of benzene rings is 1. The number of hydrogen-bond donors (Lipinski definition) is 1. The summed E-state index contributed by atoms with van der Waals surface area (Å²) in [4.78, 5) is 1.12. The molecule has 3 rings (SSSR count). The SMILES string of the molecule is FC(F)(F)c1ccc(NC2CCSc3ccc(Cl)cc32)nn1. The average Bonchev–Trinajstić information content (AvgIpc) is 2.47. The lowest BCUT2D eigenvalue weighted by Gasteiger charge is -2.26. The molecule has 22 heavy (non-hydrogen) atoms. The van der Waals surface area contributed by atoms with Crippen molar-refractivity contribution in [1.29, 1.82) is 0 Å². The monoisotopic (exact) mass is 345 g/mol. The fraction of sp³-hybridized carbons (Fsp3) is 0.286. The van der Waals surface area contributed by atoms with E-state index in [4.69, 9.17) is 11.6 Å². The van der Waals surface area contributed by atoms with Crippen molar-refractivity contribution in [1.82, 2.24) is 10.2 Å². The molecule has 0 saturated carbocycles. The number of nitrogens with zero attached hydrogens (tertiary/aromatic N) is 2. The van der Waals surface area contributed by atoms with Crippen LogP contribution in [-0.4, -0.2) is 16.0 Å². The summed E-state index contributed by atoms with van der Waals surface area (Å²) in [5, 5.41) is 10.6. The van der Waals surface area contributed by atoms with E-state index in [9.17, 15) is 13.2 Å². The van der Waals surface area contributed by atoms with Gasteiger partial charge in [0, 0.05) is 15.7 Å². The summed E-state index contributed by atoms with van der Waals surface area (Å²) in [6.07, 6.45) is -3.64. The predicted octanol–water partition coefficient (Wildman–Crippen LogP) is 4.80. The molecule has 1 aromatic carbocycles. The van der Waals surface area contributed by atoms with E-state index >= 15 is 0 Å². The number of halogens is 4. The molecule has 0 bridgehead atoms. The molecule has 116 valence electrons. The third-order valence-corrected chi connectivity index (χ3v) is 4.65. The molecular formula is C14H11ClF3N3S. The Bertz CT molecular complexity index is 676. The van der Waals surface area contributed by atoms with Crippen LogP contribution in [0.5, 0.6) is 0 Å². The van der Waals surface area contributed by atoms with E-state index in [0.717, 1.165) is 28.7 Å². The van der Waals surface area contributed by atoms with Crippen molar-refractivity contribution in [3.8, 4) is 0 Å². The van der Waals surface area contributed by atoms with Crippen LogP contribution in [0.15, 0.2) is 35.2 Å². The van der Waals surface area contributed by atoms with Crippen molar-refractivity contribution < 1.29 is 13.2 Å². The number of alkyl halides is 3. The van der Waals surface area contributed by atoms with Crippen molar-refractivity contribution >= 4 is 29.2 Å². The molecule has 8 heteroatoms. The van der Waals surface area contributed by atoms with Crippen LogP contribution in [0.25, 0.3) is 0 Å². The maximum absolute atomic E-state index is 12.5. The fourth-order valence-electron chi connectivity index (χ4n) is 2.25. The third kappa shape index (κ3) is 3.30. The van der Waals surface area contributed by atoms with Gasteiger partial charge in [0.2, 0.25) is 0 Å². The minimum absolute atomic E-state index is 0.0408. The van der Waals surface area contributed by atoms with Crippen LogP contribution in [0.2, 0.25) is 5.02 Å². The Balaban J connectivity index is 1.81. The Hall–Kier alpha value is -1.47. The minimum atomic E-state index is -4.48. The molecule has 1 N–H and O–H groups in total. The van der Waals surface area contributed by atoms with Crippen molar-refractivity contribution in [3.05, 3.63) is 46.6 Å². The molecule has 1 unspecified atom stereocenters. The van der Waals surface area contributed by atoms with Crippen LogP contribution in [0.1, 0.15) is 23.7 Å². The zero-order valence-electron chi connectivity index (χ0n) is 11.2. The highest BCUT2D eigenvalue weighted by atomic mass is 35.5. The van der Waals surface area contributed by atoms with Gasteiger partial charge >= 0.3 is 6.18 Å². The van der Waals surface area contributed by atoms with Gasteiger partial charge in [0.15, 0.2) is 5.69 Å². The molecule has 0 saturated heterocycles.